The van der Waals surface area contributed by atoms with Crippen molar-refractivity contribution < 1.29 is 9.90 Å². The molecule has 0 aromatic carbocycles. The molecule has 0 spiro atoms. The number of nitrogens with zero attached hydrogens (tertiary/aromatic N) is 1. The third-order valence-electron chi connectivity index (χ3n) is 2.51. The molecule has 1 saturated heterocycles. The molecule has 14 heavy (non-hydrogen) atoms. The molecular formula is C10H20N2O2. The van der Waals surface area contributed by atoms with E-state index in [1.165, 1.54) is 0 Å². The van der Waals surface area contributed by atoms with E-state index in [2.05, 4.69) is 5.32 Å². The van der Waals surface area contributed by atoms with E-state index in [0.29, 0.717) is 13.0 Å². The number of hydrogen-bond acceptors (Lipinski definition) is 3. The number of piperidine rings is 1. The number of nitrogens with one attached hydrogen (secondary N) is 1. The molecule has 1 aliphatic rings. The first-order valence-electron chi connectivity index (χ1n) is 5.40. The summed E-state index contributed by atoms with van der Waals surface area (Å²) in [6, 6.07) is 0. The van der Waals surface area contributed by atoms with Gasteiger partial charge in [-0.25, -0.2) is 0 Å². The number of carbonyl (C=O) groups is 1. The highest BCUT2D eigenvalue weighted by molar-refractivity contribution is 5.76. The Morgan fingerprint density at radius 3 is 3.07 bits per heavy atom. The van der Waals surface area contributed by atoms with Crippen molar-refractivity contribution in [1.29, 1.82) is 0 Å². The Bertz CT molecular complexity index is 185. The van der Waals surface area contributed by atoms with Gasteiger partial charge in [-0.15, -0.1) is 0 Å². The van der Waals surface area contributed by atoms with Crippen molar-refractivity contribution in [3.05, 3.63) is 0 Å². The third kappa shape index (κ3) is 3.64. The maximum Gasteiger partial charge on any atom is 0.223 e. The molecule has 1 rings (SSSR count). The molecule has 0 unspecified atom stereocenters. The van der Waals surface area contributed by atoms with Crippen molar-refractivity contribution in [3.8, 4) is 0 Å². The van der Waals surface area contributed by atoms with Gasteiger partial charge in [0.25, 0.3) is 0 Å². The van der Waals surface area contributed by atoms with Crippen LogP contribution >= 0.6 is 0 Å². The Morgan fingerprint density at radius 2 is 2.43 bits per heavy atom. The molecule has 0 saturated carbocycles. The Hall–Kier alpha value is -0.610. The van der Waals surface area contributed by atoms with Crippen LogP contribution in [0.3, 0.4) is 0 Å². The van der Waals surface area contributed by atoms with Gasteiger partial charge in [-0.05, 0) is 19.4 Å². The predicted molar refractivity (Wildman–Crippen MR) is 55.0 cm³/mol. The van der Waals surface area contributed by atoms with Gasteiger partial charge in [-0.3, -0.25) is 4.79 Å². The minimum absolute atomic E-state index is 0.157. The lowest BCUT2D eigenvalue weighted by Gasteiger charge is -2.30. The normalized spacial score (nSPS) is 22.4. The zero-order valence-electron chi connectivity index (χ0n) is 8.83. The Morgan fingerprint density at radius 1 is 1.64 bits per heavy atom. The predicted octanol–water partition coefficient (Wildman–Crippen LogP) is -0.0307. The quantitative estimate of drug-likeness (QED) is 0.627. The summed E-state index contributed by atoms with van der Waals surface area (Å²) in [5.41, 5.74) is 0. The van der Waals surface area contributed by atoms with Gasteiger partial charge in [0, 0.05) is 26.1 Å². The zero-order chi connectivity index (χ0) is 10.4. The topological polar surface area (TPSA) is 52.6 Å². The van der Waals surface area contributed by atoms with Crippen molar-refractivity contribution in [2.75, 3.05) is 26.2 Å². The van der Waals surface area contributed by atoms with Gasteiger partial charge in [0.1, 0.15) is 0 Å². The van der Waals surface area contributed by atoms with E-state index < -0.39 is 0 Å². The Balaban J connectivity index is 2.22. The van der Waals surface area contributed by atoms with Gasteiger partial charge in [0.2, 0.25) is 5.91 Å². The molecule has 0 radical (unpaired) electrons. The van der Waals surface area contributed by atoms with Gasteiger partial charge in [-0.1, -0.05) is 6.92 Å². The SMILES string of the molecule is CCNCCC(=O)N1CCC[C@H](O)C1. The summed E-state index contributed by atoms with van der Waals surface area (Å²) in [6.07, 6.45) is 1.98. The van der Waals surface area contributed by atoms with E-state index in [-0.39, 0.29) is 12.0 Å². The second-order valence-corrected chi connectivity index (χ2v) is 3.74. The summed E-state index contributed by atoms with van der Waals surface area (Å²) >= 11 is 0. The highest BCUT2D eigenvalue weighted by Gasteiger charge is 2.21. The van der Waals surface area contributed by atoms with Crippen LogP contribution < -0.4 is 5.32 Å². The number of β-amino-alcohol motifs (C(OH)–C–C–N with tert-alkyl or cyclic N) is 1. The van der Waals surface area contributed by atoms with Gasteiger partial charge in [0.05, 0.1) is 6.10 Å². The van der Waals surface area contributed by atoms with Gasteiger partial charge >= 0.3 is 0 Å². The minimum atomic E-state index is -0.313. The van der Waals surface area contributed by atoms with E-state index in [0.717, 1.165) is 32.5 Å². The number of aliphatic hydroxyl groups is 1. The van der Waals surface area contributed by atoms with Crippen LogP contribution in [0.1, 0.15) is 26.2 Å². The molecular weight excluding hydrogens is 180 g/mol. The number of carbonyl (C=O) groups excluding carboxylic acids is 1. The van der Waals surface area contributed by atoms with Crippen LogP contribution in [-0.2, 0) is 4.79 Å². The smallest absolute Gasteiger partial charge is 0.223 e. The Kier molecular flexibility index (Phi) is 4.90. The summed E-state index contributed by atoms with van der Waals surface area (Å²) in [5.74, 6) is 0.157. The zero-order valence-corrected chi connectivity index (χ0v) is 8.83. The van der Waals surface area contributed by atoms with Crippen LogP contribution in [0.15, 0.2) is 0 Å². The second-order valence-electron chi connectivity index (χ2n) is 3.74. The molecule has 1 atom stereocenters. The lowest BCUT2D eigenvalue weighted by molar-refractivity contribution is -0.134. The van der Waals surface area contributed by atoms with E-state index in [4.69, 9.17) is 0 Å². The van der Waals surface area contributed by atoms with Crippen LogP contribution in [0.4, 0.5) is 0 Å². The fourth-order valence-corrected chi connectivity index (χ4v) is 1.71. The van der Waals surface area contributed by atoms with E-state index in [1.807, 2.05) is 6.92 Å². The monoisotopic (exact) mass is 200 g/mol. The molecule has 0 aromatic heterocycles. The Labute approximate surface area is 85.3 Å². The van der Waals surface area contributed by atoms with E-state index >= 15 is 0 Å². The first-order valence-corrected chi connectivity index (χ1v) is 5.40. The van der Waals surface area contributed by atoms with Gasteiger partial charge in [0.15, 0.2) is 0 Å². The van der Waals surface area contributed by atoms with Crippen molar-refractivity contribution >= 4 is 5.91 Å². The summed E-state index contributed by atoms with van der Waals surface area (Å²) in [6.45, 7) is 4.99. The number of aliphatic hydroxyl groups excluding tert-OH is 1. The molecule has 0 aliphatic carbocycles. The third-order valence-corrected chi connectivity index (χ3v) is 2.51. The van der Waals surface area contributed by atoms with E-state index in [1.54, 1.807) is 4.90 Å². The molecule has 1 aliphatic heterocycles. The maximum absolute atomic E-state index is 11.6. The first-order chi connectivity index (χ1) is 6.74. The van der Waals surface area contributed by atoms with Crippen LogP contribution in [0.25, 0.3) is 0 Å². The molecule has 0 aromatic rings. The molecule has 1 amide bonds. The summed E-state index contributed by atoms with van der Waals surface area (Å²) in [7, 11) is 0. The highest BCUT2D eigenvalue weighted by Crippen LogP contribution is 2.10. The van der Waals surface area contributed by atoms with Crippen molar-refractivity contribution in [2.24, 2.45) is 0 Å². The highest BCUT2D eigenvalue weighted by atomic mass is 16.3. The average Bonchev–Trinajstić information content (AvgIpc) is 2.18. The summed E-state index contributed by atoms with van der Waals surface area (Å²) < 4.78 is 0. The number of hydrogen-bond donors (Lipinski definition) is 2. The van der Waals surface area contributed by atoms with Gasteiger partial charge < -0.3 is 15.3 Å². The van der Waals surface area contributed by atoms with Crippen molar-refractivity contribution in [2.45, 2.75) is 32.3 Å². The molecule has 1 heterocycles. The summed E-state index contributed by atoms with van der Waals surface area (Å²) in [4.78, 5) is 13.4. The number of rotatable bonds is 4. The fraction of sp³-hybridized carbons (Fsp3) is 0.900. The fourth-order valence-electron chi connectivity index (χ4n) is 1.71. The minimum Gasteiger partial charge on any atom is -0.391 e. The average molecular weight is 200 g/mol. The van der Waals surface area contributed by atoms with E-state index in [9.17, 15) is 9.90 Å². The van der Waals surface area contributed by atoms with Crippen LogP contribution in [0, 0.1) is 0 Å². The van der Waals surface area contributed by atoms with Crippen molar-refractivity contribution in [3.63, 3.8) is 0 Å². The largest absolute Gasteiger partial charge is 0.391 e. The van der Waals surface area contributed by atoms with Crippen LogP contribution in [-0.4, -0.2) is 48.2 Å². The molecule has 2 N–H and O–H groups in total. The molecule has 0 bridgehead atoms. The summed E-state index contributed by atoms with van der Waals surface area (Å²) in [5, 5.41) is 12.5. The maximum atomic E-state index is 11.6. The lowest BCUT2D eigenvalue weighted by Crippen LogP contribution is -2.42. The second kappa shape index (κ2) is 5.98. The molecule has 4 nitrogen and oxygen atoms in total. The van der Waals surface area contributed by atoms with Crippen molar-refractivity contribution in [1.82, 2.24) is 10.2 Å². The van der Waals surface area contributed by atoms with Crippen LogP contribution in [0.5, 0.6) is 0 Å². The molecule has 4 heteroatoms. The molecule has 82 valence electrons. The van der Waals surface area contributed by atoms with Crippen LogP contribution in [0.2, 0.25) is 0 Å². The number of likely N-dealkylation sites (tertiary alicyclic amines) is 1. The van der Waals surface area contributed by atoms with Gasteiger partial charge in [-0.2, -0.15) is 0 Å². The standard InChI is InChI=1S/C10H20N2O2/c1-2-11-6-5-10(14)12-7-3-4-9(13)8-12/h9,11,13H,2-8H2,1H3/t9-/m0/s1. The first kappa shape index (κ1) is 11.5. The molecule has 1 fully saturated rings. The lowest BCUT2D eigenvalue weighted by atomic mass is 10.1. The number of amides is 1.